The Hall–Kier alpha value is -3.61. The number of aromatic hydroxyl groups is 2. The predicted molar refractivity (Wildman–Crippen MR) is 109 cm³/mol. The van der Waals surface area contributed by atoms with Gasteiger partial charge in [0.25, 0.3) is 0 Å². The average molecular weight is 391 g/mol. The van der Waals surface area contributed by atoms with Crippen molar-refractivity contribution in [3.63, 3.8) is 0 Å². The molecule has 148 valence electrons. The lowest BCUT2D eigenvalue weighted by Crippen LogP contribution is -2.28. The van der Waals surface area contributed by atoms with Crippen molar-refractivity contribution in [2.75, 3.05) is 6.61 Å². The van der Waals surface area contributed by atoms with E-state index in [0.717, 1.165) is 22.0 Å². The fraction of sp³-hybridized carbons (Fsp3) is 0.227. The predicted octanol–water partition coefficient (Wildman–Crippen LogP) is 3.43. The molecule has 0 unspecified atom stereocenters. The number of fused-ring (bicyclic) bond motifs is 2. The molecule has 0 saturated carbocycles. The third-order valence-corrected chi connectivity index (χ3v) is 5.58. The normalized spacial score (nSPS) is 16.4. The number of aromatic nitrogens is 2. The molecule has 1 saturated heterocycles. The van der Waals surface area contributed by atoms with Crippen LogP contribution in [0.3, 0.4) is 0 Å². The highest BCUT2D eigenvalue weighted by Gasteiger charge is 2.22. The van der Waals surface area contributed by atoms with Crippen LogP contribution in [0.5, 0.6) is 11.8 Å². The molecule has 1 aliphatic rings. The van der Waals surface area contributed by atoms with E-state index in [-0.39, 0.29) is 23.9 Å². The molecule has 0 aliphatic carbocycles. The lowest BCUT2D eigenvalue weighted by atomic mass is 10.0. The molecule has 1 amide bonds. The van der Waals surface area contributed by atoms with E-state index in [1.807, 2.05) is 30.5 Å². The van der Waals surface area contributed by atoms with E-state index in [4.69, 9.17) is 4.74 Å². The molecule has 4 aromatic rings. The Labute approximate surface area is 166 Å². The molecule has 29 heavy (non-hydrogen) atoms. The van der Waals surface area contributed by atoms with Crippen LogP contribution in [0.1, 0.15) is 11.1 Å². The summed E-state index contributed by atoms with van der Waals surface area (Å²) in [6, 6.07) is 13.5. The summed E-state index contributed by atoms with van der Waals surface area (Å²) < 4.78 is 6.50. The fourth-order valence-electron chi connectivity index (χ4n) is 4.09. The number of H-pyrrole nitrogens is 1. The highest BCUT2D eigenvalue weighted by Crippen LogP contribution is 2.36. The van der Waals surface area contributed by atoms with Gasteiger partial charge in [-0.2, -0.15) is 0 Å². The number of amides is 1. The Morgan fingerprint density at radius 2 is 1.83 bits per heavy atom. The first kappa shape index (κ1) is 17.5. The zero-order chi connectivity index (χ0) is 20.0. The molecule has 0 bridgehead atoms. The fourth-order valence-corrected chi connectivity index (χ4v) is 4.09. The van der Waals surface area contributed by atoms with Crippen molar-refractivity contribution < 1.29 is 19.7 Å². The van der Waals surface area contributed by atoms with E-state index < -0.39 is 0 Å². The van der Waals surface area contributed by atoms with Crippen molar-refractivity contribution in [2.45, 2.75) is 25.4 Å². The topological polar surface area (TPSA) is 99.5 Å². The summed E-state index contributed by atoms with van der Waals surface area (Å²) in [4.78, 5) is 14.5. The molecule has 2 aromatic carbocycles. The van der Waals surface area contributed by atoms with Gasteiger partial charge in [-0.05, 0) is 48.2 Å². The van der Waals surface area contributed by atoms with Crippen molar-refractivity contribution in [3.8, 4) is 11.8 Å². The molecule has 1 fully saturated rings. The van der Waals surface area contributed by atoms with Gasteiger partial charge in [0.2, 0.25) is 11.8 Å². The Bertz CT molecular complexity index is 1180. The average Bonchev–Trinajstić information content (AvgIpc) is 3.39. The number of nitrogens with zero attached hydrogens (tertiary/aromatic N) is 1. The summed E-state index contributed by atoms with van der Waals surface area (Å²) in [6.07, 6.45) is 2.95. The second-order valence-corrected chi connectivity index (χ2v) is 7.43. The van der Waals surface area contributed by atoms with Crippen LogP contribution < -0.4 is 5.32 Å². The van der Waals surface area contributed by atoms with Crippen LogP contribution in [0.4, 0.5) is 4.79 Å². The molecule has 4 N–H and O–H groups in total. The summed E-state index contributed by atoms with van der Waals surface area (Å²) in [6.45, 7) is 0.840. The summed E-state index contributed by atoms with van der Waals surface area (Å²) >= 11 is 0. The number of benzene rings is 2. The third kappa shape index (κ3) is 3.04. The van der Waals surface area contributed by atoms with Crippen LogP contribution in [0.25, 0.3) is 21.7 Å². The molecular weight excluding hydrogens is 370 g/mol. The monoisotopic (exact) mass is 391 g/mol. The van der Waals surface area contributed by atoms with Gasteiger partial charge in [-0.3, -0.25) is 4.57 Å². The SMILES string of the molecule is O=C1N[C@@H](Cc2ccc3[nH]cc(CCn4c(O)c5ccccc5c4O)c3c2)CO1. The second-order valence-electron chi connectivity index (χ2n) is 7.43. The number of hydrogen-bond acceptors (Lipinski definition) is 4. The van der Waals surface area contributed by atoms with Gasteiger partial charge in [0.15, 0.2) is 0 Å². The van der Waals surface area contributed by atoms with Crippen molar-refractivity contribution in [1.29, 1.82) is 0 Å². The highest BCUT2D eigenvalue weighted by atomic mass is 16.6. The van der Waals surface area contributed by atoms with Gasteiger partial charge < -0.3 is 25.3 Å². The zero-order valence-electron chi connectivity index (χ0n) is 15.7. The Balaban J connectivity index is 1.39. The molecular formula is C22H21N3O4. The first-order valence-corrected chi connectivity index (χ1v) is 9.61. The largest absolute Gasteiger partial charge is 0.494 e. The van der Waals surface area contributed by atoms with E-state index >= 15 is 0 Å². The molecule has 2 aromatic heterocycles. The van der Waals surface area contributed by atoms with Crippen LogP contribution in [0, 0.1) is 0 Å². The van der Waals surface area contributed by atoms with Gasteiger partial charge >= 0.3 is 6.09 Å². The smallest absolute Gasteiger partial charge is 0.407 e. The van der Waals surface area contributed by atoms with Crippen molar-refractivity contribution in [2.24, 2.45) is 0 Å². The standard InChI is InChI=1S/C22H21N3O4/c26-20-16-3-1-2-4-17(16)21(27)25(20)8-7-14-11-23-19-6-5-13(10-18(14)19)9-15-12-29-22(28)24-15/h1-6,10-11,15,23,26-27H,7-9,12H2,(H,24,28)/t15-/m0/s1. The van der Waals surface area contributed by atoms with Crippen LogP contribution in [0.2, 0.25) is 0 Å². The number of alkyl carbamates (subject to hydrolysis) is 1. The van der Waals surface area contributed by atoms with E-state index in [1.54, 1.807) is 16.7 Å². The van der Waals surface area contributed by atoms with Gasteiger partial charge in [-0.1, -0.05) is 18.2 Å². The van der Waals surface area contributed by atoms with Crippen LogP contribution in [-0.2, 0) is 24.1 Å². The van der Waals surface area contributed by atoms with E-state index in [9.17, 15) is 15.0 Å². The number of aryl methyl sites for hydroxylation is 1. The second kappa shape index (κ2) is 6.77. The number of aromatic amines is 1. The summed E-state index contributed by atoms with van der Waals surface area (Å²) in [5.41, 5.74) is 3.25. The number of ether oxygens (including phenoxy) is 1. The van der Waals surface area contributed by atoms with Crippen LogP contribution in [0.15, 0.2) is 48.7 Å². The molecule has 7 nitrogen and oxygen atoms in total. The minimum absolute atomic E-state index is 0.0106. The maximum Gasteiger partial charge on any atom is 0.407 e. The zero-order valence-corrected chi connectivity index (χ0v) is 15.7. The van der Waals surface area contributed by atoms with Gasteiger partial charge in [0.1, 0.15) is 6.61 Å². The maximum atomic E-state index is 11.2. The maximum absolute atomic E-state index is 11.2. The third-order valence-electron chi connectivity index (χ3n) is 5.58. The van der Waals surface area contributed by atoms with Crippen LogP contribution in [-0.4, -0.2) is 38.5 Å². The van der Waals surface area contributed by atoms with E-state index in [2.05, 4.69) is 16.4 Å². The van der Waals surface area contributed by atoms with Crippen molar-refractivity contribution in [1.82, 2.24) is 14.9 Å². The molecule has 7 heteroatoms. The van der Waals surface area contributed by atoms with Crippen molar-refractivity contribution >= 4 is 27.8 Å². The van der Waals surface area contributed by atoms with Gasteiger partial charge in [-0.15, -0.1) is 0 Å². The molecule has 0 spiro atoms. The first-order chi connectivity index (χ1) is 14.1. The lowest BCUT2D eigenvalue weighted by molar-refractivity contribution is 0.177. The van der Waals surface area contributed by atoms with Crippen molar-refractivity contribution in [3.05, 3.63) is 59.8 Å². The van der Waals surface area contributed by atoms with Gasteiger partial charge in [0.05, 0.1) is 6.04 Å². The number of hydrogen-bond donors (Lipinski definition) is 4. The lowest BCUT2D eigenvalue weighted by Gasteiger charge is -2.09. The number of nitrogens with one attached hydrogen (secondary N) is 2. The van der Waals surface area contributed by atoms with Gasteiger partial charge in [-0.25, -0.2) is 4.79 Å². The van der Waals surface area contributed by atoms with Gasteiger partial charge in [0, 0.05) is 34.4 Å². The first-order valence-electron chi connectivity index (χ1n) is 9.61. The highest BCUT2D eigenvalue weighted by molar-refractivity contribution is 5.92. The number of cyclic esters (lactones) is 1. The molecule has 1 aliphatic heterocycles. The number of carbonyl (C=O) groups excluding carboxylic acids is 1. The summed E-state index contributed by atoms with van der Waals surface area (Å²) in [5, 5.41) is 26.2. The Morgan fingerprint density at radius 3 is 2.52 bits per heavy atom. The van der Waals surface area contributed by atoms with Crippen LogP contribution >= 0.6 is 0 Å². The molecule has 3 heterocycles. The minimum atomic E-state index is -0.364. The Morgan fingerprint density at radius 1 is 1.07 bits per heavy atom. The summed E-state index contributed by atoms with van der Waals surface area (Å²) in [7, 11) is 0. The number of carbonyl (C=O) groups is 1. The molecule has 0 radical (unpaired) electrons. The number of rotatable bonds is 5. The minimum Gasteiger partial charge on any atom is -0.494 e. The molecule has 1 atom stereocenters. The Kier molecular flexibility index (Phi) is 4.08. The van der Waals surface area contributed by atoms with E-state index in [1.165, 1.54) is 0 Å². The quantitative estimate of drug-likeness (QED) is 0.419. The summed E-state index contributed by atoms with van der Waals surface area (Å²) in [5.74, 6) is 0.159. The van der Waals surface area contributed by atoms with E-state index in [0.29, 0.717) is 36.8 Å². The molecule has 5 rings (SSSR count).